The third kappa shape index (κ3) is 4.51. The van der Waals surface area contributed by atoms with E-state index in [9.17, 15) is 0 Å². The van der Waals surface area contributed by atoms with Gasteiger partial charge in [-0.1, -0.05) is 0 Å². The van der Waals surface area contributed by atoms with Gasteiger partial charge in [0.25, 0.3) is 0 Å². The van der Waals surface area contributed by atoms with E-state index in [0.29, 0.717) is 17.2 Å². The molecule has 0 aliphatic rings. The maximum absolute atomic E-state index is 6.32. The summed E-state index contributed by atoms with van der Waals surface area (Å²) in [7, 11) is 6.53. The molecule has 0 aromatic heterocycles. The zero-order chi connectivity index (χ0) is 16.0. The van der Waals surface area contributed by atoms with Gasteiger partial charge in [0.2, 0.25) is 0 Å². The number of hydrogen-bond donors (Lipinski definition) is 1. The largest absolute Gasteiger partial charge is 0.496 e. The van der Waals surface area contributed by atoms with Crippen molar-refractivity contribution in [3.63, 3.8) is 0 Å². The van der Waals surface area contributed by atoms with Crippen LogP contribution in [0.15, 0.2) is 12.1 Å². The van der Waals surface area contributed by atoms with Gasteiger partial charge in [0, 0.05) is 24.8 Å². The van der Waals surface area contributed by atoms with Crippen molar-refractivity contribution in [2.24, 2.45) is 5.73 Å². The van der Waals surface area contributed by atoms with Crippen molar-refractivity contribution in [2.75, 3.05) is 28.4 Å². The predicted octanol–water partition coefficient (Wildman–Crippen LogP) is 2.92. The fourth-order valence-corrected chi connectivity index (χ4v) is 2.10. The van der Waals surface area contributed by atoms with Crippen molar-refractivity contribution in [3.05, 3.63) is 17.7 Å². The van der Waals surface area contributed by atoms with Crippen molar-refractivity contribution >= 4 is 0 Å². The van der Waals surface area contributed by atoms with Crippen molar-refractivity contribution in [3.8, 4) is 17.2 Å². The van der Waals surface area contributed by atoms with Crippen LogP contribution in [0.2, 0.25) is 0 Å². The van der Waals surface area contributed by atoms with Gasteiger partial charge in [-0.25, -0.2) is 0 Å². The van der Waals surface area contributed by atoms with Gasteiger partial charge in [-0.05, 0) is 32.8 Å². The fourth-order valence-electron chi connectivity index (χ4n) is 2.10. The minimum absolute atomic E-state index is 0.158. The first kappa shape index (κ1) is 17.6. The van der Waals surface area contributed by atoms with Crippen molar-refractivity contribution in [1.82, 2.24) is 0 Å². The second-order valence-corrected chi connectivity index (χ2v) is 5.56. The van der Waals surface area contributed by atoms with Gasteiger partial charge in [-0.2, -0.15) is 0 Å². The Morgan fingerprint density at radius 1 is 0.952 bits per heavy atom. The van der Waals surface area contributed by atoms with E-state index in [4.69, 9.17) is 24.7 Å². The number of hydrogen-bond acceptors (Lipinski definition) is 5. The Hall–Kier alpha value is -1.46. The summed E-state index contributed by atoms with van der Waals surface area (Å²) in [5.41, 5.74) is 7.03. The van der Waals surface area contributed by atoms with Gasteiger partial charge < -0.3 is 24.7 Å². The zero-order valence-electron chi connectivity index (χ0n) is 13.9. The molecule has 0 heterocycles. The van der Waals surface area contributed by atoms with Crippen LogP contribution in [0.5, 0.6) is 17.2 Å². The zero-order valence-corrected chi connectivity index (χ0v) is 13.9. The highest BCUT2D eigenvalue weighted by Gasteiger charge is 2.21. The van der Waals surface area contributed by atoms with Gasteiger partial charge >= 0.3 is 0 Å². The van der Waals surface area contributed by atoms with Gasteiger partial charge in [0.05, 0.1) is 26.9 Å². The lowest BCUT2D eigenvalue weighted by Gasteiger charge is -2.25. The number of benzene rings is 1. The first-order valence-corrected chi connectivity index (χ1v) is 6.99. The molecule has 2 N–H and O–H groups in total. The molecular weight excluding hydrogens is 270 g/mol. The van der Waals surface area contributed by atoms with Crippen LogP contribution in [-0.2, 0) is 4.74 Å². The van der Waals surface area contributed by atoms with E-state index >= 15 is 0 Å². The first-order valence-electron chi connectivity index (χ1n) is 6.99. The maximum Gasteiger partial charge on any atom is 0.164 e. The van der Waals surface area contributed by atoms with Crippen LogP contribution in [0.4, 0.5) is 0 Å². The molecule has 1 atom stereocenters. The number of rotatable bonds is 8. The first-order chi connectivity index (χ1) is 9.88. The van der Waals surface area contributed by atoms with Crippen LogP contribution in [-0.4, -0.2) is 34.0 Å². The normalized spacial score (nSPS) is 12.9. The molecule has 0 spiro atoms. The van der Waals surface area contributed by atoms with E-state index in [1.807, 2.05) is 19.9 Å². The SMILES string of the molecule is COc1cc(OC)c(C(N)CCC(C)(C)OC)cc1OC. The van der Waals surface area contributed by atoms with E-state index < -0.39 is 0 Å². The Bertz CT molecular complexity index is 460. The average Bonchev–Trinajstić information content (AvgIpc) is 2.51. The summed E-state index contributed by atoms with van der Waals surface area (Å²) < 4.78 is 21.5. The molecule has 0 fully saturated rings. The Labute approximate surface area is 127 Å². The minimum Gasteiger partial charge on any atom is -0.496 e. The molecule has 0 aliphatic heterocycles. The lowest BCUT2D eigenvalue weighted by atomic mass is 9.94. The molecule has 120 valence electrons. The molecular formula is C16H27NO4. The Morgan fingerprint density at radius 2 is 1.48 bits per heavy atom. The Balaban J connectivity index is 2.99. The Kier molecular flexibility index (Phi) is 6.30. The molecule has 0 saturated heterocycles. The van der Waals surface area contributed by atoms with Crippen LogP contribution in [0.3, 0.4) is 0 Å². The summed E-state index contributed by atoms with van der Waals surface area (Å²) in [6.45, 7) is 4.09. The van der Waals surface area contributed by atoms with Crippen LogP contribution < -0.4 is 19.9 Å². The number of methoxy groups -OCH3 is 4. The Morgan fingerprint density at radius 3 is 1.95 bits per heavy atom. The highest BCUT2D eigenvalue weighted by molar-refractivity contribution is 5.51. The highest BCUT2D eigenvalue weighted by atomic mass is 16.5. The fraction of sp³-hybridized carbons (Fsp3) is 0.625. The molecule has 21 heavy (non-hydrogen) atoms. The monoisotopic (exact) mass is 297 g/mol. The van der Waals surface area contributed by atoms with E-state index in [1.165, 1.54) is 0 Å². The molecule has 1 aromatic carbocycles. The standard InChI is InChI=1S/C16H27NO4/c1-16(2,21-6)8-7-12(17)11-9-14(19-4)15(20-5)10-13(11)18-3/h9-10,12H,7-8,17H2,1-6H3. The van der Waals surface area contributed by atoms with Crippen molar-refractivity contribution in [1.29, 1.82) is 0 Å². The van der Waals surface area contributed by atoms with E-state index in [0.717, 1.165) is 18.4 Å². The molecule has 1 aromatic rings. The summed E-state index contributed by atoms with van der Waals surface area (Å²) in [6, 6.07) is 3.52. The van der Waals surface area contributed by atoms with E-state index in [1.54, 1.807) is 34.5 Å². The third-order valence-electron chi connectivity index (χ3n) is 3.75. The molecule has 0 bridgehead atoms. The van der Waals surface area contributed by atoms with Crippen molar-refractivity contribution in [2.45, 2.75) is 38.3 Å². The number of nitrogens with two attached hydrogens (primary N) is 1. The predicted molar refractivity (Wildman–Crippen MR) is 83.3 cm³/mol. The van der Waals surface area contributed by atoms with E-state index in [2.05, 4.69) is 0 Å². The molecule has 5 heteroatoms. The van der Waals surface area contributed by atoms with Gasteiger partial charge in [0.15, 0.2) is 11.5 Å². The molecule has 5 nitrogen and oxygen atoms in total. The molecule has 0 amide bonds. The molecule has 1 unspecified atom stereocenters. The quantitative estimate of drug-likeness (QED) is 0.799. The van der Waals surface area contributed by atoms with Gasteiger partial charge in [0.1, 0.15) is 5.75 Å². The lowest BCUT2D eigenvalue weighted by molar-refractivity contribution is 0.0124. The van der Waals surface area contributed by atoms with Crippen LogP contribution in [0, 0.1) is 0 Å². The highest BCUT2D eigenvalue weighted by Crippen LogP contribution is 2.38. The summed E-state index contributed by atoms with van der Waals surface area (Å²) >= 11 is 0. The summed E-state index contributed by atoms with van der Waals surface area (Å²) in [4.78, 5) is 0. The molecule has 0 aliphatic carbocycles. The molecule has 1 rings (SSSR count). The smallest absolute Gasteiger partial charge is 0.164 e. The summed E-state index contributed by atoms with van der Waals surface area (Å²) in [6.07, 6.45) is 1.63. The maximum atomic E-state index is 6.32. The third-order valence-corrected chi connectivity index (χ3v) is 3.75. The van der Waals surface area contributed by atoms with Crippen LogP contribution in [0.25, 0.3) is 0 Å². The lowest BCUT2D eigenvalue weighted by Crippen LogP contribution is -2.24. The molecule has 0 saturated carbocycles. The van der Waals surface area contributed by atoms with Crippen LogP contribution in [0.1, 0.15) is 38.3 Å². The van der Waals surface area contributed by atoms with E-state index in [-0.39, 0.29) is 11.6 Å². The molecule has 0 radical (unpaired) electrons. The number of ether oxygens (including phenoxy) is 4. The minimum atomic E-state index is -0.193. The second-order valence-electron chi connectivity index (χ2n) is 5.56. The van der Waals surface area contributed by atoms with Gasteiger partial charge in [-0.15, -0.1) is 0 Å². The van der Waals surface area contributed by atoms with Crippen LogP contribution >= 0.6 is 0 Å². The topological polar surface area (TPSA) is 62.9 Å². The average molecular weight is 297 g/mol. The summed E-state index contributed by atoms with van der Waals surface area (Å²) in [5.74, 6) is 1.98. The summed E-state index contributed by atoms with van der Waals surface area (Å²) in [5, 5.41) is 0. The second kappa shape index (κ2) is 7.52. The van der Waals surface area contributed by atoms with Crippen molar-refractivity contribution < 1.29 is 18.9 Å². The van der Waals surface area contributed by atoms with Gasteiger partial charge in [-0.3, -0.25) is 0 Å².